The van der Waals surface area contributed by atoms with Crippen molar-refractivity contribution in [1.29, 1.82) is 0 Å². The first kappa shape index (κ1) is 17.8. The third-order valence-corrected chi connectivity index (χ3v) is 4.01. The topological polar surface area (TPSA) is 107 Å². The summed E-state index contributed by atoms with van der Waals surface area (Å²) in [5.41, 5.74) is 3.58. The highest BCUT2D eigenvalue weighted by molar-refractivity contribution is 5.79. The fourth-order valence-electron chi connectivity index (χ4n) is 2.84. The van der Waals surface area contributed by atoms with Crippen LogP contribution >= 0.6 is 0 Å². The number of imidazole rings is 1. The van der Waals surface area contributed by atoms with E-state index in [4.69, 9.17) is 5.21 Å². The Bertz CT molecular complexity index is 776. The molecule has 1 heterocycles. The maximum atomic E-state index is 12.2. The Morgan fingerprint density at radius 2 is 2.04 bits per heavy atom. The first-order valence-corrected chi connectivity index (χ1v) is 7.87. The molecule has 0 spiro atoms. The van der Waals surface area contributed by atoms with Gasteiger partial charge in [-0.3, -0.25) is 14.6 Å². The van der Waals surface area contributed by atoms with Crippen molar-refractivity contribution in [2.45, 2.75) is 39.7 Å². The monoisotopic (exact) mass is 333 g/mol. The average molecular weight is 333 g/mol. The number of carbonyl (C=O) groups is 1. The van der Waals surface area contributed by atoms with E-state index < -0.39 is 17.6 Å². The van der Waals surface area contributed by atoms with Gasteiger partial charge >= 0.3 is 5.69 Å². The smallest absolute Gasteiger partial charge is 0.329 e. The zero-order valence-corrected chi connectivity index (χ0v) is 14.0. The number of hydrogen-bond acceptors (Lipinski definition) is 4. The lowest BCUT2D eigenvalue weighted by molar-refractivity contribution is -0.134. The van der Waals surface area contributed by atoms with E-state index >= 15 is 0 Å². The summed E-state index contributed by atoms with van der Waals surface area (Å²) >= 11 is 0. The molecule has 2 aromatic rings. The van der Waals surface area contributed by atoms with Crippen molar-refractivity contribution in [2.24, 2.45) is 5.92 Å². The van der Waals surface area contributed by atoms with Crippen LogP contribution in [-0.2, 0) is 17.6 Å². The molecule has 0 saturated carbocycles. The predicted molar refractivity (Wildman–Crippen MR) is 89.1 cm³/mol. The number of aromatic amines is 1. The lowest BCUT2D eigenvalue weighted by Gasteiger charge is -2.19. The fourth-order valence-corrected chi connectivity index (χ4v) is 2.84. The molecule has 1 aromatic carbocycles. The molecule has 0 saturated heterocycles. The highest BCUT2D eigenvalue weighted by Crippen LogP contribution is 2.24. The number of aromatic nitrogens is 2. The van der Waals surface area contributed by atoms with Crippen LogP contribution in [0, 0.1) is 12.8 Å². The lowest BCUT2D eigenvalue weighted by atomic mass is 10.0. The van der Waals surface area contributed by atoms with Crippen molar-refractivity contribution in [3.63, 3.8) is 0 Å². The van der Waals surface area contributed by atoms with Crippen LogP contribution in [0.15, 0.2) is 29.1 Å². The molecule has 0 unspecified atom stereocenters. The number of nitrogens with zero attached hydrogens (tertiary/aromatic N) is 1. The Morgan fingerprint density at radius 3 is 2.62 bits per heavy atom. The molecule has 1 aromatic heterocycles. The zero-order valence-electron chi connectivity index (χ0n) is 14.0. The van der Waals surface area contributed by atoms with Crippen LogP contribution in [0.1, 0.15) is 36.7 Å². The fraction of sp³-hybridized carbons (Fsp3) is 0.412. The van der Waals surface area contributed by atoms with E-state index in [1.54, 1.807) is 19.3 Å². The Kier molecular flexibility index (Phi) is 5.46. The van der Waals surface area contributed by atoms with Crippen molar-refractivity contribution in [1.82, 2.24) is 15.0 Å². The molecule has 4 N–H and O–H groups in total. The van der Waals surface area contributed by atoms with Crippen LogP contribution < -0.4 is 11.2 Å². The number of H-pyrrole nitrogens is 1. The van der Waals surface area contributed by atoms with Gasteiger partial charge in [-0.2, -0.15) is 0 Å². The van der Waals surface area contributed by atoms with Gasteiger partial charge in [0.1, 0.15) is 6.04 Å². The minimum Gasteiger partial charge on any atom is -0.493 e. The summed E-state index contributed by atoms with van der Waals surface area (Å²) in [6.45, 7) is 5.45. The summed E-state index contributed by atoms with van der Waals surface area (Å²) in [6, 6.07) is 6.99. The van der Waals surface area contributed by atoms with Crippen molar-refractivity contribution in [2.75, 3.05) is 0 Å². The Morgan fingerprint density at radius 1 is 1.33 bits per heavy atom. The average Bonchev–Trinajstić information content (AvgIpc) is 2.80. The van der Waals surface area contributed by atoms with E-state index in [0.717, 1.165) is 15.7 Å². The molecule has 24 heavy (non-hydrogen) atoms. The SMILES string of the molecule is Cc1cccc(CCc2[nH]c(=O)n([C@@H](C(=O)NO)C(C)C)c2O)c1. The zero-order chi connectivity index (χ0) is 17.9. The summed E-state index contributed by atoms with van der Waals surface area (Å²) in [7, 11) is 0. The molecule has 130 valence electrons. The molecule has 7 nitrogen and oxygen atoms in total. The van der Waals surface area contributed by atoms with Crippen molar-refractivity contribution < 1.29 is 15.1 Å². The van der Waals surface area contributed by atoms with Gasteiger partial charge in [-0.15, -0.1) is 0 Å². The summed E-state index contributed by atoms with van der Waals surface area (Å²) in [5.74, 6) is -1.30. The van der Waals surface area contributed by atoms with Crippen LogP contribution in [0.3, 0.4) is 0 Å². The number of hydroxylamine groups is 1. The largest absolute Gasteiger partial charge is 0.493 e. The van der Waals surface area contributed by atoms with Gasteiger partial charge < -0.3 is 10.1 Å². The van der Waals surface area contributed by atoms with Crippen LogP contribution in [0.2, 0.25) is 0 Å². The van der Waals surface area contributed by atoms with E-state index in [1.807, 2.05) is 31.2 Å². The Hall–Kier alpha value is -2.54. The highest BCUT2D eigenvalue weighted by Gasteiger charge is 2.29. The quantitative estimate of drug-likeness (QED) is 0.476. The maximum absolute atomic E-state index is 12.2. The van der Waals surface area contributed by atoms with Gasteiger partial charge in [0.15, 0.2) is 0 Å². The summed E-state index contributed by atoms with van der Waals surface area (Å²) in [6.07, 6.45) is 1.08. The molecular weight excluding hydrogens is 310 g/mol. The minimum absolute atomic E-state index is 0.269. The number of amides is 1. The Labute approximate surface area is 139 Å². The number of hydrogen-bond donors (Lipinski definition) is 4. The normalized spacial score (nSPS) is 12.4. The molecule has 1 atom stereocenters. The Balaban J connectivity index is 2.28. The summed E-state index contributed by atoms with van der Waals surface area (Å²) in [4.78, 5) is 26.6. The minimum atomic E-state index is -0.994. The number of carbonyl (C=O) groups excluding carboxylic acids is 1. The molecule has 0 aliphatic heterocycles. The maximum Gasteiger partial charge on any atom is 0.329 e. The number of aryl methyl sites for hydroxylation is 3. The number of nitrogens with one attached hydrogen (secondary N) is 2. The highest BCUT2D eigenvalue weighted by atomic mass is 16.5. The second-order valence-electron chi connectivity index (χ2n) is 6.26. The van der Waals surface area contributed by atoms with Crippen LogP contribution in [0.4, 0.5) is 0 Å². The van der Waals surface area contributed by atoms with Gasteiger partial charge in [-0.25, -0.2) is 10.3 Å². The van der Waals surface area contributed by atoms with Crippen molar-refractivity contribution in [3.8, 4) is 5.88 Å². The van der Waals surface area contributed by atoms with E-state index in [9.17, 15) is 14.7 Å². The van der Waals surface area contributed by atoms with Gasteiger partial charge in [0, 0.05) is 0 Å². The van der Waals surface area contributed by atoms with Crippen LogP contribution in [-0.4, -0.2) is 25.8 Å². The molecule has 0 aliphatic rings. The molecule has 0 radical (unpaired) electrons. The number of aromatic hydroxyl groups is 1. The first-order chi connectivity index (χ1) is 11.3. The molecule has 1 amide bonds. The van der Waals surface area contributed by atoms with Crippen LogP contribution in [0.5, 0.6) is 5.88 Å². The molecule has 0 aliphatic carbocycles. The van der Waals surface area contributed by atoms with Crippen molar-refractivity contribution in [3.05, 3.63) is 51.6 Å². The van der Waals surface area contributed by atoms with E-state index in [2.05, 4.69) is 4.98 Å². The van der Waals surface area contributed by atoms with Crippen LogP contribution in [0.25, 0.3) is 0 Å². The predicted octanol–water partition coefficient (Wildman–Crippen LogP) is 1.68. The molecule has 7 heteroatoms. The van der Waals surface area contributed by atoms with Gasteiger partial charge in [0.2, 0.25) is 5.88 Å². The second kappa shape index (κ2) is 7.35. The molecule has 0 bridgehead atoms. The summed E-state index contributed by atoms with van der Waals surface area (Å²) in [5, 5.41) is 19.3. The van der Waals surface area contributed by atoms with Gasteiger partial charge in [0.25, 0.3) is 5.91 Å². The van der Waals surface area contributed by atoms with Gasteiger partial charge in [-0.05, 0) is 31.2 Å². The van der Waals surface area contributed by atoms with E-state index in [-0.39, 0.29) is 11.8 Å². The second-order valence-corrected chi connectivity index (χ2v) is 6.26. The van der Waals surface area contributed by atoms with Gasteiger partial charge in [0.05, 0.1) is 5.69 Å². The molecule has 2 rings (SSSR count). The van der Waals surface area contributed by atoms with Gasteiger partial charge in [-0.1, -0.05) is 43.7 Å². The standard InChI is InChI=1S/C17H23N3O4/c1-10(2)14(15(21)19-24)20-16(22)13(18-17(20)23)8-7-12-6-4-5-11(3)9-12/h4-6,9-10,14,22,24H,7-8H2,1-3H3,(H,18,23)(H,19,21)/t14-/m1/s1. The third kappa shape index (κ3) is 3.68. The van der Waals surface area contributed by atoms with Crippen molar-refractivity contribution >= 4 is 5.91 Å². The molecule has 0 fully saturated rings. The summed E-state index contributed by atoms with van der Waals surface area (Å²) < 4.78 is 0.988. The number of rotatable bonds is 6. The number of benzene rings is 1. The third-order valence-electron chi connectivity index (χ3n) is 4.01. The molecular formula is C17H23N3O4. The lowest BCUT2D eigenvalue weighted by Crippen LogP contribution is -2.37. The van der Waals surface area contributed by atoms with E-state index in [0.29, 0.717) is 18.5 Å². The van der Waals surface area contributed by atoms with E-state index in [1.165, 1.54) is 0 Å². The first-order valence-electron chi connectivity index (χ1n) is 7.87.